The van der Waals surface area contributed by atoms with Gasteiger partial charge in [0.1, 0.15) is 5.75 Å². The standard InChI is InChI=1S/C12H14ClNO3/c1-8-4-11(17-3)10(13)5-9(8)6-14(2)12(16)7-15/h4-5,7H,6H2,1-3H3. The molecule has 1 rings (SSSR count). The molecule has 0 aliphatic carbocycles. The minimum atomic E-state index is -0.559. The van der Waals surface area contributed by atoms with Crippen LogP contribution in [0.15, 0.2) is 12.1 Å². The maximum absolute atomic E-state index is 11.1. The Morgan fingerprint density at radius 2 is 2.18 bits per heavy atom. The average molecular weight is 256 g/mol. The molecule has 0 spiro atoms. The van der Waals surface area contributed by atoms with E-state index in [0.717, 1.165) is 11.1 Å². The number of likely N-dealkylation sites (N-methyl/N-ethyl adjacent to an activating group) is 1. The molecule has 0 fully saturated rings. The Balaban J connectivity index is 2.96. The number of rotatable bonds is 4. The van der Waals surface area contributed by atoms with Crippen molar-refractivity contribution in [3.8, 4) is 5.75 Å². The van der Waals surface area contributed by atoms with E-state index in [2.05, 4.69) is 0 Å². The average Bonchev–Trinajstić information content (AvgIpc) is 2.32. The van der Waals surface area contributed by atoms with E-state index in [1.165, 1.54) is 4.90 Å². The number of aldehydes is 1. The fourth-order valence-electron chi connectivity index (χ4n) is 1.45. The minimum Gasteiger partial charge on any atom is -0.495 e. The quantitative estimate of drug-likeness (QED) is 0.609. The van der Waals surface area contributed by atoms with Crippen LogP contribution in [0.3, 0.4) is 0 Å². The zero-order valence-corrected chi connectivity index (χ0v) is 10.7. The van der Waals surface area contributed by atoms with Crippen molar-refractivity contribution in [3.05, 3.63) is 28.3 Å². The van der Waals surface area contributed by atoms with Crippen molar-refractivity contribution in [2.75, 3.05) is 14.2 Å². The van der Waals surface area contributed by atoms with E-state index >= 15 is 0 Å². The SMILES string of the molecule is COc1cc(C)c(CN(C)C(=O)C=O)cc1Cl. The zero-order chi connectivity index (χ0) is 13.0. The highest BCUT2D eigenvalue weighted by Gasteiger charge is 2.11. The molecule has 0 N–H and O–H groups in total. The van der Waals surface area contributed by atoms with Gasteiger partial charge in [0.05, 0.1) is 12.1 Å². The molecule has 0 heterocycles. The largest absolute Gasteiger partial charge is 0.495 e. The van der Waals surface area contributed by atoms with E-state index in [1.807, 2.05) is 6.92 Å². The van der Waals surface area contributed by atoms with Crippen LogP contribution in [0.4, 0.5) is 0 Å². The number of halogens is 1. The lowest BCUT2D eigenvalue weighted by molar-refractivity contribution is -0.138. The summed E-state index contributed by atoms with van der Waals surface area (Å²) >= 11 is 6.00. The van der Waals surface area contributed by atoms with Crippen molar-refractivity contribution in [2.45, 2.75) is 13.5 Å². The summed E-state index contributed by atoms with van der Waals surface area (Å²) in [6.45, 7) is 2.24. The summed E-state index contributed by atoms with van der Waals surface area (Å²) in [7, 11) is 3.11. The molecule has 0 aliphatic rings. The molecule has 1 aromatic rings. The number of amides is 1. The number of hydrogen-bond donors (Lipinski definition) is 0. The van der Waals surface area contributed by atoms with Gasteiger partial charge in [-0.25, -0.2) is 0 Å². The first kappa shape index (κ1) is 13.5. The Kier molecular flexibility index (Phi) is 4.52. The maximum atomic E-state index is 11.1. The number of ether oxygens (including phenoxy) is 1. The molecule has 17 heavy (non-hydrogen) atoms. The lowest BCUT2D eigenvalue weighted by Crippen LogP contribution is -2.27. The summed E-state index contributed by atoms with van der Waals surface area (Å²) in [6.07, 6.45) is 0.292. The van der Waals surface area contributed by atoms with Gasteiger partial charge in [0.2, 0.25) is 6.29 Å². The first-order valence-electron chi connectivity index (χ1n) is 5.03. The monoisotopic (exact) mass is 255 g/mol. The molecule has 1 amide bonds. The Hall–Kier alpha value is -1.55. The van der Waals surface area contributed by atoms with Gasteiger partial charge in [-0.15, -0.1) is 0 Å². The van der Waals surface area contributed by atoms with E-state index in [9.17, 15) is 9.59 Å². The number of nitrogens with zero attached hydrogens (tertiary/aromatic N) is 1. The molecule has 0 bridgehead atoms. The molecule has 0 saturated heterocycles. The first-order valence-corrected chi connectivity index (χ1v) is 5.40. The molecule has 0 atom stereocenters. The highest BCUT2D eigenvalue weighted by molar-refractivity contribution is 6.32. The fourth-order valence-corrected chi connectivity index (χ4v) is 1.71. The first-order chi connectivity index (χ1) is 7.99. The minimum absolute atomic E-state index is 0.292. The highest BCUT2D eigenvalue weighted by atomic mass is 35.5. The maximum Gasteiger partial charge on any atom is 0.286 e. The number of hydrogen-bond acceptors (Lipinski definition) is 3. The van der Waals surface area contributed by atoms with Crippen molar-refractivity contribution >= 4 is 23.8 Å². The van der Waals surface area contributed by atoms with Crippen LogP contribution in [0, 0.1) is 6.92 Å². The summed E-state index contributed by atoms with van der Waals surface area (Å²) in [6, 6.07) is 3.54. The van der Waals surface area contributed by atoms with Gasteiger partial charge in [-0.1, -0.05) is 11.6 Å². The summed E-state index contributed by atoms with van der Waals surface area (Å²) in [5.74, 6) is 0.0358. The second-order valence-electron chi connectivity index (χ2n) is 3.73. The Bertz CT molecular complexity index is 446. The second-order valence-corrected chi connectivity index (χ2v) is 4.13. The fraction of sp³-hybridized carbons (Fsp3) is 0.333. The molecular weight excluding hydrogens is 242 g/mol. The third-order valence-electron chi connectivity index (χ3n) is 2.49. The third kappa shape index (κ3) is 3.20. The molecule has 0 saturated carbocycles. The third-order valence-corrected chi connectivity index (χ3v) is 2.79. The van der Waals surface area contributed by atoms with Crippen LogP contribution in [0.5, 0.6) is 5.75 Å². The number of carbonyl (C=O) groups excluding carboxylic acids is 2. The van der Waals surface area contributed by atoms with Gasteiger partial charge >= 0.3 is 0 Å². The number of methoxy groups -OCH3 is 1. The van der Waals surface area contributed by atoms with Crippen LogP contribution >= 0.6 is 11.6 Å². The number of carbonyl (C=O) groups is 2. The summed E-state index contributed by atoms with van der Waals surface area (Å²) < 4.78 is 5.09. The molecule has 92 valence electrons. The van der Waals surface area contributed by atoms with Crippen molar-refractivity contribution in [1.29, 1.82) is 0 Å². The molecule has 0 aromatic heterocycles. The normalized spacial score (nSPS) is 9.88. The van der Waals surface area contributed by atoms with E-state index in [-0.39, 0.29) is 0 Å². The van der Waals surface area contributed by atoms with Crippen LogP contribution in [0.1, 0.15) is 11.1 Å². The highest BCUT2D eigenvalue weighted by Crippen LogP contribution is 2.28. The van der Waals surface area contributed by atoms with Crippen LogP contribution in [0.25, 0.3) is 0 Å². The summed E-state index contributed by atoms with van der Waals surface area (Å²) in [5, 5.41) is 0.486. The Morgan fingerprint density at radius 3 is 2.71 bits per heavy atom. The summed E-state index contributed by atoms with van der Waals surface area (Å²) in [5.41, 5.74) is 1.84. The van der Waals surface area contributed by atoms with Crippen molar-refractivity contribution in [3.63, 3.8) is 0 Å². The molecule has 0 aliphatic heterocycles. The molecule has 1 aromatic carbocycles. The van der Waals surface area contributed by atoms with Crippen molar-refractivity contribution in [1.82, 2.24) is 4.90 Å². The van der Waals surface area contributed by atoms with Crippen LogP contribution in [-0.4, -0.2) is 31.3 Å². The molecular formula is C12H14ClNO3. The topological polar surface area (TPSA) is 46.6 Å². The molecule has 4 nitrogen and oxygen atoms in total. The van der Waals surface area contributed by atoms with E-state index in [1.54, 1.807) is 26.3 Å². The number of aryl methyl sites for hydroxylation is 1. The van der Waals surface area contributed by atoms with Gasteiger partial charge in [-0.2, -0.15) is 0 Å². The van der Waals surface area contributed by atoms with Crippen LogP contribution < -0.4 is 4.74 Å². The van der Waals surface area contributed by atoms with Crippen molar-refractivity contribution < 1.29 is 14.3 Å². The zero-order valence-electron chi connectivity index (χ0n) is 9.99. The van der Waals surface area contributed by atoms with Crippen molar-refractivity contribution in [2.24, 2.45) is 0 Å². The van der Waals surface area contributed by atoms with Crippen LogP contribution in [0.2, 0.25) is 5.02 Å². The molecule has 0 unspecified atom stereocenters. The summed E-state index contributed by atoms with van der Waals surface area (Å²) in [4.78, 5) is 22.8. The van der Waals surface area contributed by atoms with E-state index in [0.29, 0.717) is 23.6 Å². The van der Waals surface area contributed by atoms with E-state index in [4.69, 9.17) is 16.3 Å². The van der Waals surface area contributed by atoms with Gasteiger partial charge in [-0.05, 0) is 30.2 Å². The van der Waals surface area contributed by atoms with Gasteiger partial charge < -0.3 is 9.64 Å². The lowest BCUT2D eigenvalue weighted by atomic mass is 10.1. The predicted molar refractivity (Wildman–Crippen MR) is 65.3 cm³/mol. The Labute approximate surface area is 105 Å². The smallest absolute Gasteiger partial charge is 0.286 e. The molecule has 5 heteroatoms. The van der Waals surface area contributed by atoms with Gasteiger partial charge in [0, 0.05) is 13.6 Å². The van der Waals surface area contributed by atoms with E-state index < -0.39 is 5.91 Å². The second kappa shape index (κ2) is 5.68. The van der Waals surface area contributed by atoms with Gasteiger partial charge in [0.15, 0.2) is 0 Å². The number of benzene rings is 1. The predicted octanol–water partition coefficient (Wildman–Crippen LogP) is 1.81. The Morgan fingerprint density at radius 1 is 1.53 bits per heavy atom. The lowest BCUT2D eigenvalue weighted by Gasteiger charge is -2.16. The molecule has 0 radical (unpaired) electrons. The van der Waals surface area contributed by atoms with Gasteiger partial charge in [0.25, 0.3) is 5.91 Å². The van der Waals surface area contributed by atoms with Gasteiger partial charge in [-0.3, -0.25) is 9.59 Å². The van der Waals surface area contributed by atoms with Crippen LogP contribution in [-0.2, 0) is 16.1 Å².